The minimum absolute atomic E-state index is 0.231. The topological polar surface area (TPSA) is 29.9 Å². The number of aromatic nitrogens is 2. The molecule has 0 aliphatic heterocycles. The molecule has 0 saturated heterocycles. The standard InChI is InChI=1S/C11H17N3/c1-5-11(2,3)13-7-6-10-12-8-9-14(10)4/h1,8-9,13H,6-7H2,2-4H3. The number of nitrogens with one attached hydrogen (secondary N) is 1. The largest absolute Gasteiger partial charge is 0.338 e. The molecule has 0 spiro atoms. The van der Waals surface area contributed by atoms with Gasteiger partial charge in [0.05, 0.1) is 5.54 Å². The number of aryl methyl sites for hydroxylation is 1. The Morgan fingerprint density at radius 2 is 2.36 bits per heavy atom. The van der Waals surface area contributed by atoms with Crippen LogP contribution in [0.5, 0.6) is 0 Å². The van der Waals surface area contributed by atoms with Crippen LogP contribution in [-0.2, 0) is 13.5 Å². The van der Waals surface area contributed by atoms with Crippen molar-refractivity contribution >= 4 is 0 Å². The van der Waals surface area contributed by atoms with Crippen molar-refractivity contribution < 1.29 is 0 Å². The molecule has 1 heterocycles. The Morgan fingerprint density at radius 1 is 1.64 bits per heavy atom. The maximum absolute atomic E-state index is 5.36. The van der Waals surface area contributed by atoms with Gasteiger partial charge >= 0.3 is 0 Å². The van der Waals surface area contributed by atoms with E-state index in [1.165, 1.54) is 0 Å². The van der Waals surface area contributed by atoms with Gasteiger partial charge in [0.15, 0.2) is 0 Å². The molecule has 3 nitrogen and oxygen atoms in total. The van der Waals surface area contributed by atoms with Crippen molar-refractivity contribution in [1.29, 1.82) is 0 Å². The zero-order valence-electron chi connectivity index (χ0n) is 9.04. The Hall–Kier alpha value is -1.27. The van der Waals surface area contributed by atoms with E-state index in [1.807, 2.05) is 37.9 Å². The summed E-state index contributed by atoms with van der Waals surface area (Å²) in [7, 11) is 1.99. The molecule has 0 radical (unpaired) electrons. The minimum Gasteiger partial charge on any atom is -0.338 e. The first-order valence-electron chi connectivity index (χ1n) is 4.74. The predicted molar refractivity (Wildman–Crippen MR) is 57.8 cm³/mol. The van der Waals surface area contributed by atoms with Gasteiger partial charge in [0, 0.05) is 32.4 Å². The molecule has 3 heteroatoms. The maximum Gasteiger partial charge on any atom is 0.109 e. The highest BCUT2D eigenvalue weighted by Crippen LogP contribution is 2.00. The zero-order valence-corrected chi connectivity index (χ0v) is 9.04. The summed E-state index contributed by atoms with van der Waals surface area (Å²) >= 11 is 0. The van der Waals surface area contributed by atoms with E-state index in [-0.39, 0.29) is 5.54 Å². The number of imidazole rings is 1. The molecule has 1 aromatic heterocycles. The Bertz CT molecular complexity index is 331. The van der Waals surface area contributed by atoms with E-state index in [2.05, 4.69) is 16.2 Å². The average Bonchev–Trinajstić information content (AvgIpc) is 2.52. The number of terminal acetylenes is 1. The molecule has 0 aromatic carbocycles. The lowest BCUT2D eigenvalue weighted by atomic mass is 10.1. The van der Waals surface area contributed by atoms with E-state index in [0.29, 0.717) is 0 Å². The molecule has 0 aliphatic rings. The number of rotatable bonds is 4. The fourth-order valence-corrected chi connectivity index (χ4v) is 1.18. The third-order valence-electron chi connectivity index (χ3n) is 2.20. The summed E-state index contributed by atoms with van der Waals surface area (Å²) in [6.45, 7) is 4.83. The van der Waals surface area contributed by atoms with E-state index >= 15 is 0 Å². The fourth-order valence-electron chi connectivity index (χ4n) is 1.18. The summed E-state index contributed by atoms with van der Waals surface area (Å²) in [5.74, 6) is 3.77. The summed E-state index contributed by atoms with van der Waals surface area (Å²) in [6, 6.07) is 0. The minimum atomic E-state index is -0.231. The van der Waals surface area contributed by atoms with Crippen molar-refractivity contribution in [2.75, 3.05) is 6.54 Å². The molecular formula is C11H17N3. The van der Waals surface area contributed by atoms with E-state index in [0.717, 1.165) is 18.8 Å². The third-order valence-corrected chi connectivity index (χ3v) is 2.20. The summed E-state index contributed by atoms with van der Waals surface area (Å²) in [6.07, 6.45) is 10.0. The molecule has 1 aromatic rings. The van der Waals surface area contributed by atoms with E-state index in [9.17, 15) is 0 Å². The highest BCUT2D eigenvalue weighted by molar-refractivity contribution is 5.07. The van der Waals surface area contributed by atoms with Gasteiger partial charge in [-0.25, -0.2) is 4.98 Å². The van der Waals surface area contributed by atoms with Gasteiger partial charge in [0.25, 0.3) is 0 Å². The third kappa shape index (κ3) is 2.90. The quantitative estimate of drug-likeness (QED) is 0.719. The monoisotopic (exact) mass is 191 g/mol. The van der Waals surface area contributed by atoms with Crippen molar-refractivity contribution in [3.8, 4) is 12.3 Å². The number of nitrogens with zero attached hydrogens (tertiary/aromatic N) is 2. The summed E-state index contributed by atoms with van der Waals surface area (Å²) in [4.78, 5) is 4.23. The summed E-state index contributed by atoms with van der Waals surface area (Å²) in [5, 5.41) is 3.28. The van der Waals surface area contributed by atoms with Crippen molar-refractivity contribution in [3.05, 3.63) is 18.2 Å². The Kier molecular flexibility index (Phi) is 3.32. The molecule has 76 valence electrons. The molecule has 1 rings (SSSR count). The van der Waals surface area contributed by atoms with Crippen LogP contribution in [0.3, 0.4) is 0 Å². The van der Waals surface area contributed by atoms with Crippen LogP contribution in [0.25, 0.3) is 0 Å². The van der Waals surface area contributed by atoms with Crippen molar-refractivity contribution in [3.63, 3.8) is 0 Å². The van der Waals surface area contributed by atoms with E-state index in [4.69, 9.17) is 6.42 Å². The van der Waals surface area contributed by atoms with Crippen LogP contribution in [0.1, 0.15) is 19.7 Å². The van der Waals surface area contributed by atoms with Crippen LogP contribution in [0, 0.1) is 12.3 Å². The highest BCUT2D eigenvalue weighted by atomic mass is 15.0. The van der Waals surface area contributed by atoms with Gasteiger partial charge in [-0.05, 0) is 13.8 Å². The van der Waals surface area contributed by atoms with Crippen LogP contribution >= 0.6 is 0 Å². The Balaban J connectivity index is 2.37. The SMILES string of the molecule is C#CC(C)(C)NCCc1nccn1C. The summed E-state index contributed by atoms with van der Waals surface area (Å²) < 4.78 is 2.02. The molecule has 0 bridgehead atoms. The van der Waals surface area contributed by atoms with Gasteiger partial charge < -0.3 is 9.88 Å². The van der Waals surface area contributed by atoms with Crippen LogP contribution in [0.2, 0.25) is 0 Å². The molecule has 1 N–H and O–H groups in total. The molecule has 0 aliphatic carbocycles. The average molecular weight is 191 g/mol. The second-order valence-corrected chi connectivity index (χ2v) is 3.90. The van der Waals surface area contributed by atoms with Crippen LogP contribution in [-0.4, -0.2) is 21.6 Å². The zero-order chi connectivity index (χ0) is 10.6. The van der Waals surface area contributed by atoms with E-state index in [1.54, 1.807) is 0 Å². The molecule has 0 atom stereocenters. The lowest BCUT2D eigenvalue weighted by Crippen LogP contribution is -2.39. The van der Waals surface area contributed by atoms with E-state index < -0.39 is 0 Å². The van der Waals surface area contributed by atoms with Gasteiger partial charge in [-0.1, -0.05) is 5.92 Å². The molecule has 0 amide bonds. The Labute approximate surface area is 85.5 Å². The van der Waals surface area contributed by atoms with Crippen molar-refractivity contribution in [2.45, 2.75) is 25.8 Å². The van der Waals surface area contributed by atoms with Gasteiger partial charge in [-0.3, -0.25) is 0 Å². The lowest BCUT2D eigenvalue weighted by molar-refractivity contribution is 0.489. The molecule has 14 heavy (non-hydrogen) atoms. The predicted octanol–water partition coefficient (Wildman–Crippen LogP) is 0.964. The molecular weight excluding hydrogens is 174 g/mol. The Morgan fingerprint density at radius 3 is 2.86 bits per heavy atom. The molecule has 0 fully saturated rings. The van der Waals surface area contributed by atoms with Crippen molar-refractivity contribution in [1.82, 2.24) is 14.9 Å². The highest BCUT2D eigenvalue weighted by Gasteiger charge is 2.11. The van der Waals surface area contributed by atoms with Crippen LogP contribution < -0.4 is 5.32 Å². The summed E-state index contributed by atoms with van der Waals surface area (Å²) in [5.41, 5.74) is -0.231. The smallest absolute Gasteiger partial charge is 0.109 e. The fraction of sp³-hybridized carbons (Fsp3) is 0.545. The van der Waals surface area contributed by atoms with Gasteiger partial charge in [0.1, 0.15) is 5.82 Å². The van der Waals surface area contributed by atoms with Crippen LogP contribution in [0.4, 0.5) is 0 Å². The first-order chi connectivity index (χ1) is 6.55. The van der Waals surface area contributed by atoms with Crippen LogP contribution in [0.15, 0.2) is 12.4 Å². The van der Waals surface area contributed by atoms with Gasteiger partial charge in [-0.2, -0.15) is 0 Å². The normalized spacial score (nSPS) is 11.3. The van der Waals surface area contributed by atoms with Gasteiger partial charge in [0.2, 0.25) is 0 Å². The number of hydrogen-bond acceptors (Lipinski definition) is 2. The maximum atomic E-state index is 5.36. The van der Waals surface area contributed by atoms with Crippen molar-refractivity contribution in [2.24, 2.45) is 7.05 Å². The molecule has 0 unspecified atom stereocenters. The number of hydrogen-bond donors (Lipinski definition) is 1. The lowest BCUT2D eigenvalue weighted by Gasteiger charge is -2.19. The molecule has 0 saturated carbocycles. The van der Waals surface area contributed by atoms with Gasteiger partial charge in [-0.15, -0.1) is 6.42 Å². The second-order valence-electron chi connectivity index (χ2n) is 3.90. The first kappa shape index (κ1) is 10.8. The first-order valence-corrected chi connectivity index (χ1v) is 4.74. The second kappa shape index (κ2) is 4.30.